The third kappa shape index (κ3) is 11.6. The molecule has 4 fully saturated rings. The zero-order valence-electron chi connectivity index (χ0n) is 29.2. The van der Waals surface area contributed by atoms with Gasteiger partial charge in [-0.2, -0.15) is 0 Å². The number of rotatable bonds is 10. The molecule has 8 rings (SSSR count). The first-order valence-electron chi connectivity index (χ1n) is 18.1. The van der Waals surface area contributed by atoms with Gasteiger partial charge in [-0.1, -0.05) is 97.1 Å². The summed E-state index contributed by atoms with van der Waals surface area (Å²) < 4.78 is 44.8. The first-order chi connectivity index (χ1) is 24.5. The van der Waals surface area contributed by atoms with Gasteiger partial charge in [0, 0.05) is 42.5 Å². The Bertz CT molecular complexity index is 1940. The van der Waals surface area contributed by atoms with Gasteiger partial charge < -0.3 is 5.73 Å². The maximum atomic E-state index is 12.2. The highest BCUT2D eigenvalue weighted by atomic mass is 35.7. The van der Waals surface area contributed by atoms with Crippen LogP contribution in [0, 0.1) is 0 Å². The summed E-state index contributed by atoms with van der Waals surface area (Å²) in [6.07, 6.45) is 5.58. The minimum atomic E-state index is -3.16. The van der Waals surface area contributed by atoms with Crippen molar-refractivity contribution in [1.82, 2.24) is 9.80 Å². The molecule has 0 aromatic heterocycles. The van der Waals surface area contributed by atoms with E-state index in [9.17, 15) is 16.8 Å². The molecule has 0 radical (unpaired) electrons. The maximum Gasteiger partial charge on any atom is 0.235 e. The summed E-state index contributed by atoms with van der Waals surface area (Å²) in [5.74, 6) is 1.34. The number of hydrogen-bond donors (Lipinski definition) is 1. The quantitative estimate of drug-likeness (QED) is 0.131. The van der Waals surface area contributed by atoms with Gasteiger partial charge in [0.05, 0.1) is 16.3 Å². The van der Waals surface area contributed by atoms with Gasteiger partial charge in [-0.3, -0.25) is 9.80 Å². The monoisotopic (exact) mass is 747 g/mol. The van der Waals surface area contributed by atoms with Crippen LogP contribution in [0.4, 0.5) is 5.69 Å². The van der Waals surface area contributed by atoms with Crippen molar-refractivity contribution in [3.05, 3.63) is 137 Å². The minimum Gasteiger partial charge on any atom is -0.399 e. The second-order valence-electron chi connectivity index (χ2n) is 14.5. The zero-order valence-corrected chi connectivity index (χ0v) is 31.6. The van der Waals surface area contributed by atoms with Crippen LogP contribution in [0.1, 0.15) is 78.2 Å². The van der Waals surface area contributed by atoms with Crippen LogP contribution in [0.2, 0.25) is 0 Å². The van der Waals surface area contributed by atoms with E-state index in [0.717, 1.165) is 76.1 Å². The molecule has 0 spiro atoms. The lowest BCUT2D eigenvalue weighted by molar-refractivity contribution is 0.327. The van der Waals surface area contributed by atoms with Gasteiger partial charge in [-0.25, -0.2) is 16.8 Å². The number of halogens is 1. The third-order valence-corrected chi connectivity index (χ3v) is 14.4. The van der Waals surface area contributed by atoms with E-state index in [1.165, 1.54) is 35.2 Å². The molecule has 0 amide bonds. The third-order valence-electron chi connectivity index (χ3n) is 10.2. The van der Waals surface area contributed by atoms with E-state index in [-0.39, 0.29) is 16.3 Å². The molecule has 7 nitrogen and oxygen atoms in total. The molecule has 0 bridgehead atoms. The average molecular weight is 748 g/mol. The van der Waals surface area contributed by atoms with Crippen molar-refractivity contribution < 1.29 is 16.8 Å². The van der Waals surface area contributed by atoms with Crippen molar-refractivity contribution in [2.24, 2.45) is 0 Å². The number of nitrogen functional groups attached to an aromatic ring is 1. The number of sulfone groups is 1. The molecule has 4 aliphatic rings. The van der Waals surface area contributed by atoms with Crippen LogP contribution >= 0.6 is 10.7 Å². The second-order valence-corrected chi connectivity index (χ2v) is 19.7. The summed E-state index contributed by atoms with van der Waals surface area (Å²) >= 11 is 0. The fraction of sp³-hybridized carbons (Fsp3) is 0.415. The van der Waals surface area contributed by atoms with Crippen LogP contribution in [0.15, 0.2) is 109 Å². The van der Waals surface area contributed by atoms with Gasteiger partial charge in [-0.05, 0) is 103 Å². The molecule has 51 heavy (non-hydrogen) atoms. The summed E-state index contributed by atoms with van der Waals surface area (Å²) in [5.41, 5.74) is 13.1. The fourth-order valence-electron chi connectivity index (χ4n) is 7.06. The first-order valence-corrected chi connectivity index (χ1v) is 22.2. The molecule has 2 N–H and O–H groups in total. The molecule has 2 aliphatic heterocycles. The Morgan fingerprint density at radius 2 is 1.04 bits per heavy atom. The highest BCUT2D eigenvalue weighted by molar-refractivity contribution is 8.14. The van der Waals surface area contributed by atoms with Crippen molar-refractivity contribution in [2.45, 2.75) is 79.7 Å². The topological polar surface area (TPSA) is 101 Å². The van der Waals surface area contributed by atoms with Crippen LogP contribution in [-0.4, -0.2) is 63.3 Å². The molecule has 4 aromatic rings. The Kier molecular flexibility index (Phi) is 12.6. The molecular weight excluding hydrogens is 698 g/mol. The summed E-state index contributed by atoms with van der Waals surface area (Å²) in [6.45, 7) is 6.51. The van der Waals surface area contributed by atoms with E-state index < -0.39 is 18.9 Å². The van der Waals surface area contributed by atoms with Crippen molar-refractivity contribution >= 4 is 35.3 Å². The lowest BCUT2D eigenvalue weighted by atomic mass is 9.97. The van der Waals surface area contributed by atoms with E-state index in [4.69, 9.17) is 16.4 Å². The lowest BCUT2D eigenvalue weighted by Gasteiger charge is -2.16. The van der Waals surface area contributed by atoms with Gasteiger partial charge in [-0.15, -0.1) is 0 Å². The maximum absolute atomic E-state index is 12.2. The summed E-state index contributed by atoms with van der Waals surface area (Å²) in [5, 5.41) is -0.293. The van der Waals surface area contributed by atoms with Crippen LogP contribution in [0.3, 0.4) is 0 Å². The van der Waals surface area contributed by atoms with Crippen molar-refractivity contribution in [3.8, 4) is 0 Å². The highest BCUT2D eigenvalue weighted by Crippen LogP contribution is 2.33. The van der Waals surface area contributed by atoms with E-state index in [1.807, 2.05) is 18.2 Å². The van der Waals surface area contributed by atoms with Gasteiger partial charge >= 0.3 is 0 Å². The normalized spacial score (nSPS) is 21.0. The molecule has 2 aliphatic carbocycles. The first kappa shape index (κ1) is 37.5. The SMILES string of the molecule is Nc1cccc(C2CCN(Cc3ccccc3)C2)c1.O=S(=O)(Cc1cccc(C2CCN(Cc3ccccc3)C2)c1)C1CC1.O=S(=O)(Cl)C1CC1. The summed E-state index contributed by atoms with van der Waals surface area (Å²) in [7, 11) is -1.20. The number of anilines is 1. The van der Waals surface area contributed by atoms with E-state index >= 15 is 0 Å². The van der Waals surface area contributed by atoms with E-state index in [0.29, 0.717) is 11.8 Å². The molecule has 10 heteroatoms. The predicted octanol–water partition coefficient (Wildman–Crippen LogP) is 7.73. The number of nitrogens with zero attached hydrogens (tertiary/aromatic N) is 2. The summed E-state index contributed by atoms with van der Waals surface area (Å²) in [6, 6.07) is 37.9. The molecule has 2 heterocycles. The van der Waals surface area contributed by atoms with Crippen molar-refractivity contribution in [2.75, 3.05) is 31.9 Å². The van der Waals surface area contributed by atoms with Gasteiger partial charge in [0.25, 0.3) is 0 Å². The van der Waals surface area contributed by atoms with Crippen LogP contribution < -0.4 is 5.73 Å². The largest absolute Gasteiger partial charge is 0.399 e. The van der Waals surface area contributed by atoms with E-state index in [1.54, 1.807) is 0 Å². The number of nitrogens with two attached hydrogens (primary N) is 1. The van der Waals surface area contributed by atoms with Crippen molar-refractivity contribution in [3.63, 3.8) is 0 Å². The molecule has 4 aromatic carbocycles. The Morgan fingerprint density at radius 3 is 1.49 bits per heavy atom. The molecule has 272 valence electrons. The predicted molar refractivity (Wildman–Crippen MR) is 209 cm³/mol. The molecular formula is C41H50ClN3O4S2. The lowest BCUT2D eigenvalue weighted by Crippen LogP contribution is -2.19. The van der Waals surface area contributed by atoms with Crippen LogP contribution in [-0.2, 0) is 37.7 Å². The molecule has 2 saturated heterocycles. The molecule has 2 unspecified atom stereocenters. The fourth-order valence-corrected chi connectivity index (χ4v) is 10.0. The summed E-state index contributed by atoms with van der Waals surface area (Å²) in [4.78, 5) is 5.02. The van der Waals surface area contributed by atoms with Gasteiger partial charge in [0.15, 0.2) is 9.84 Å². The number of likely N-dealkylation sites (tertiary alicyclic amines) is 2. The number of benzene rings is 4. The smallest absolute Gasteiger partial charge is 0.235 e. The zero-order chi connectivity index (χ0) is 35.8. The molecule has 2 saturated carbocycles. The Hall–Kier alpha value is -3.21. The van der Waals surface area contributed by atoms with E-state index in [2.05, 4.69) is 101 Å². The van der Waals surface area contributed by atoms with Crippen molar-refractivity contribution in [1.29, 1.82) is 0 Å². The number of hydrogen-bond acceptors (Lipinski definition) is 7. The van der Waals surface area contributed by atoms with Gasteiger partial charge in [0.1, 0.15) is 0 Å². The standard InChI is InChI=1S/C21H25NO2S.C17H20N2.C3H5ClO2S/c23-25(24,21-9-10-21)16-18-7-4-8-19(13-18)20-11-12-22(15-20)14-17-5-2-1-3-6-17;18-17-8-4-7-15(11-17)16-9-10-19(13-16)12-14-5-2-1-3-6-14;4-7(5,6)3-1-2-3/h1-8,13,20-21H,9-12,14-16H2;1-8,11,16H,9-10,12-13,18H2;3H,1-2H2. The van der Waals surface area contributed by atoms with Crippen LogP contribution in [0.5, 0.6) is 0 Å². The Labute approximate surface area is 309 Å². The highest BCUT2D eigenvalue weighted by Gasteiger charge is 2.36. The van der Waals surface area contributed by atoms with Crippen LogP contribution in [0.25, 0.3) is 0 Å². The Morgan fingerprint density at radius 1 is 0.569 bits per heavy atom. The molecule has 2 atom stereocenters. The average Bonchev–Trinajstić information content (AvgIpc) is 4.05. The minimum absolute atomic E-state index is 0.0796. The second kappa shape index (κ2) is 17.1. The van der Waals surface area contributed by atoms with Gasteiger partial charge in [0.2, 0.25) is 9.05 Å². The Balaban J connectivity index is 0.000000151.